The minimum atomic E-state index is -0.348. The monoisotopic (exact) mass is 214 g/mol. The fourth-order valence-electron chi connectivity index (χ4n) is 2.66. The largest absolute Gasteiger partial charge is 0.359 e. The van der Waals surface area contributed by atoms with Crippen LogP contribution in [0.1, 0.15) is 40.5 Å². The number of piperidine rings is 1. The molecule has 0 bridgehead atoms. The number of hydrogen-bond donors (Lipinski definition) is 2. The Morgan fingerprint density at radius 1 is 1.27 bits per heavy atom. The van der Waals surface area contributed by atoms with Gasteiger partial charge >= 0.3 is 0 Å². The molecular weight excluding hydrogens is 192 g/mol. The Kier molecular flexibility index (Phi) is 3.12. The molecule has 2 N–H and O–H groups in total. The molecule has 1 saturated heterocycles. The third kappa shape index (κ3) is 2.32. The second-order valence-electron chi connectivity index (χ2n) is 5.66. The Morgan fingerprint density at radius 2 is 1.67 bits per heavy atom. The van der Waals surface area contributed by atoms with E-state index in [9.17, 15) is 10.0 Å². The number of rotatable bonds is 1. The second kappa shape index (κ2) is 3.76. The van der Waals surface area contributed by atoms with Crippen molar-refractivity contribution < 1.29 is 10.0 Å². The van der Waals surface area contributed by atoms with Crippen molar-refractivity contribution in [1.82, 2.24) is 10.4 Å². The van der Waals surface area contributed by atoms with Crippen LogP contribution in [-0.2, 0) is 4.79 Å². The Balaban J connectivity index is 2.89. The van der Waals surface area contributed by atoms with Crippen molar-refractivity contribution in [2.45, 2.75) is 51.6 Å². The van der Waals surface area contributed by atoms with Gasteiger partial charge in [-0.05, 0) is 40.5 Å². The Morgan fingerprint density at radius 3 is 2.00 bits per heavy atom. The van der Waals surface area contributed by atoms with E-state index in [2.05, 4.69) is 5.32 Å². The zero-order valence-electron chi connectivity index (χ0n) is 10.3. The maximum Gasteiger partial charge on any atom is 0.222 e. The van der Waals surface area contributed by atoms with Gasteiger partial charge in [-0.15, -0.1) is 0 Å². The van der Waals surface area contributed by atoms with E-state index in [-0.39, 0.29) is 22.9 Å². The predicted molar refractivity (Wildman–Crippen MR) is 58.6 cm³/mol. The highest BCUT2D eigenvalue weighted by molar-refractivity contribution is 5.78. The van der Waals surface area contributed by atoms with Crippen molar-refractivity contribution in [3.63, 3.8) is 0 Å². The second-order valence-corrected chi connectivity index (χ2v) is 5.66. The van der Waals surface area contributed by atoms with Gasteiger partial charge in [0, 0.05) is 24.0 Å². The molecule has 0 radical (unpaired) electrons. The molecule has 0 aromatic heterocycles. The van der Waals surface area contributed by atoms with E-state index >= 15 is 0 Å². The van der Waals surface area contributed by atoms with E-state index in [1.54, 1.807) is 7.05 Å². The van der Waals surface area contributed by atoms with Crippen LogP contribution in [-0.4, -0.2) is 34.3 Å². The normalized spacial score (nSPS) is 26.3. The topological polar surface area (TPSA) is 52.6 Å². The summed E-state index contributed by atoms with van der Waals surface area (Å²) in [6, 6.07) is 0. The van der Waals surface area contributed by atoms with Crippen LogP contribution >= 0.6 is 0 Å². The number of carbonyl (C=O) groups excluding carboxylic acids is 1. The lowest BCUT2D eigenvalue weighted by Crippen LogP contribution is -2.60. The van der Waals surface area contributed by atoms with Gasteiger partial charge in [0.2, 0.25) is 5.91 Å². The van der Waals surface area contributed by atoms with E-state index < -0.39 is 0 Å². The first kappa shape index (κ1) is 12.5. The minimum Gasteiger partial charge on any atom is -0.359 e. The average Bonchev–Trinajstić information content (AvgIpc) is 2.11. The van der Waals surface area contributed by atoms with Crippen molar-refractivity contribution in [2.75, 3.05) is 7.05 Å². The minimum absolute atomic E-state index is 0.0107. The quantitative estimate of drug-likeness (QED) is 0.693. The number of amides is 1. The predicted octanol–water partition coefficient (Wildman–Crippen LogP) is 1.39. The van der Waals surface area contributed by atoms with Gasteiger partial charge in [0.25, 0.3) is 0 Å². The molecule has 1 aliphatic heterocycles. The highest BCUT2D eigenvalue weighted by Crippen LogP contribution is 2.39. The molecule has 0 aromatic rings. The molecule has 0 aliphatic carbocycles. The van der Waals surface area contributed by atoms with Crippen molar-refractivity contribution >= 4 is 5.91 Å². The van der Waals surface area contributed by atoms with Gasteiger partial charge in [0.05, 0.1) is 0 Å². The van der Waals surface area contributed by atoms with E-state index in [1.807, 2.05) is 27.7 Å². The van der Waals surface area contributed by atoms with Gasteiger partial charge in [-0.1, -0.05) is 0 Å². The highest BCUT2D eigenvalue weighted by atomic mass is 16.5. The average molecular weight is 214 g/mol. The third-order valence-corrected chi connectivity index (χ3v) is 3.26. The Bertz CT molecular complexity index is 243. The van der Waals surface area contributed by atoms with E-state index in [4.69, 9.17) is 0 Å². The summed E-state index contributed by atoms with van der Waals surface area (Å²) < 4.78 is 0. The molecule has 0 aromatic carbocycles. The maximum atomic E-state index is 11.6. The molecular formula is C11H22N2O2. The van der Waals surface area contributed by atoms with E-state index in [0.29, 0.717) is 12.8 Å². The van der Waals surface area contributed by atoms with E-state index in [0.717, 1.165) is 0 Å². The van der Waals surface area contributed by atoms with Crippen molar-refractivity contribution in [2.24, 2.45) is 5.92 Å². The van der Waals surface area contributed by atoms with Gasteiger partial charge in [-0.3, -0.25) is 4.79 Å². The van der Waals surface area contributed by atoms with Gasteiger partial charge in [0.1, 0.15) is 0 Å². The first-order valence-corrected chi connectivity index (χ1v) is 5.41. The molecule has 0 unspecified atom stereocenters. The molecule has 1 heterocycles. The molecule has 4 nitrogen and oxygen atoms in total. The maximum absolute atomic E-state index is 11.6. The third-order valence-electron chi connectivity index (χ3n) is 3.26. The number of hydroxylamine groups is 2. The summed E-state index contributed by atoms with van der Waals surface area (Å²) in [7, 11) is 1.66. The van der Waals surface area contributed by atoms with Crippen LogP contribution in [0, 0.1) is 5.92 Å². The van der Waals surface area contributed by atoms with Crippen molar-refractivity contribution in [3.05, 3.63) is 0 Å². The van der Waals surface area contributed by atoms with Gasteiger partial charge in [0.15, 0.2) is 0 Å². The molecule has 88 valence electrons. The summed E-state index contributed by atoms with van der Waals surface area (Å²) in [6.45, 7) is 7.85. The molecule has 1 rings (SSSR count). The standard InChI is InChI=1S/C11H22N2O2/c1-10(2)6-8(9(14)12-5)7-11(3,4)13(10)15/h8,15H,6-7H2,1-5H3,(H,12,14). The van der Waals surface area contributed by atoms with Crippen LogP contribution in [0.4, 0.5) is 0 Å². The zero-order chi connectivity index (χ0) is 11.9. The lowest BCUT2D eigenvalue weighted by molar-refractivity contribution is -0.249. The molecule has 1 fully saturated rings. The van der Waals surface area contributed by atoms with Gasteiger partial charge in [-0.2, -0.15) is 5.06 Å². The summed E-state index contributed by atoms with van der Waals surface area (Å²) in [4.78, 5) is 11.6. The molecule has 1 aliphatic rings. The van der Waals surface area contributed by atoms with Gasteiger partial charge < -0.3 is 10.5 Å². The Hall–Kier alpha value is -0.610. The SMILES string of the molecule is CNC(=O)C1CC(C)(C)N(O)C(C)(C)C1. The van der Waals surface area contributed by atoms with Crippen molar-refractivity contribution in [1.29, 1.82) is 0 Å². The Labute approximate surface area is 91.6 Å². The fourth-order valence-corrected chi connectivity index (χ4v) is 2.66. The molecule has 0 spiro atoms. The molecule has 1 amide bonds. The lowest BCUT2D eigenvalue weighted by Gasteiger charge is -2.51. The summed E-state index contributed by atoms with van der Waals surface area (Å²) in [6.07, 6.45) is 1.37. The summed E-state index contributed by atoms with van der Waals surface area (Å²) in [5.74, 6) is 0.0626. The summed E-state index contributed by atoms with van der Waals surface area (Å²) >= 11 is 0. The molecule has 15 heavy (non-hydrogen) atoms. The van der Waals surface area contributed by atoms with Crippen LogP contribution < -0.4 is 5.32 Å². The number of nitrogens with zero attached hydrogens (tertiary/aromatic N) is 1. The lowest BCUT2D eigenvalue weighted by atomic mass is 9.75. The number of carbonyl (C=O) groups is 1. The summed E-state index contributed by atoms with van der Waals surface area (Å²) in [5, 5.41) is 14.1. The van der Waals surface area contributed by atoms with E-state index in [1.165, 1.54) is 5.06 Å². The number of hydrogen-bond acceptors (Lipinski definition) is 3. The first-order valence-electron chi connectivity index (χ1n) is 5.41. The highest BCUT2D eigenvalue weighted by Gasteiger charge is 2.46. The van der Waals surface area contributed by atoms with Crippen LogP contribution in [0.25, 0.3) is 0 Å². The summed E-state index contributed by atoms with van der Waals surface area (Å²) in [5.41, 5.74) is -0.697. The van der Waals surface area contributed by atoms with Crippen LogP contribution in [0.2, 0.25) is 0 Å². The zero-order valence-corrected chi connectivity index (χ0v) is 10.3. The molecule has 0 saturated carbocycles. The molecule has 4 heteroatoms. The van der Waals surface area contributed by atoms with Crippen molar-refractivity contribution in [3.8, 4) is 0 Å². The first-order chi connectivity index (χ1) is 6.70. The van der Waals surface area contributed by atoms with Crippen LogP contribution in [0.3, 0.4) is 0 Å². The number of nitrogens with one attached hydrogen (secondary N) is 1. The van der Waals surface area contributed by atoms with Crippen LogP contribution in [0.15, 0.2) is 0 Å². The fraction of sp³-hybridized carbons (Fsp3) is 0.909. The smallest absolute Gasteiger partial charge is 0.222 e. The molecule has 0 atom stereocenters. The van der Waals surface area contributed by atoms with Crippen LogP contribution in [0.5, 0.6) is 0 Å². The van der Waals surface area contributed by atoms with Gasteiger partial charge in [-0.25, -0.2) is 0 Å².